The van der Waals surface area contributed by atoms with Crippen LogP contribution in [0.4, 0.5) is 0 Å². The molecule has 40 valence electrons. The molecular formula is C6H10O. The molecule has 0 aliphatic heterocycles. The first-order chi connectivity index (χ1) is 3.41. The lowest BCUT2D eigenvalue weighted by molar-refractivity contribution is 0.342. The van der Waals surface area contributed by atoms with Gasteiger partial charge in [-0.1, -0.05) is 18.2 Å². The molecule has 1 heteroatoms. The SMILES string of the molecule is C=CCC=CCO. The van der Waals surface area contributed by atoms with Crippen molar-refractivity contribution in [1.82, 2.24) is 0 Å². The largest absolute Gasteiger partial charge is 0.392 e. The fourth-order valence-corrected chi connectivity index (χ4v) is 0.267. The van der Waals surface area contributed by atoms with Crippen molar-refractivity contribution in [3.63, 3.8) is 0 Å². The zero-order valence-corrected chi connectivity index (χ0v) is 4.30. The second-order valence-corrected chi connectivity index (χ2v) is 1.18. The molecule has 0 aliphatic carbocycles. The number of allylic oxidation sites excluding steroid dienone is 2. The lowest BCUT2D eigenvalue weighted by Crippen LogP contribution is -1.68. The van der Waals surface area contributed by atoms with Gasteiger partial charge >= 0.3 is 0 Å². The van der Waals surface area contributed by atoms with Crippen LogP contribution in [0.15, 0.2) is 24.8 Å². The summed E-state index contributed by atoms with van der Waals surface area (Å²) in [4.78, 5) is 0. The molecule has 0 spiro atoms. The second kappa shape index (κ2) is 5.44. The molecule has 0 rings (SSSR count). The summed E-state index contributed by atoms with van der Waals surface area (Å²) >= 11 is 0. The standard InChI is InChI=1S/C6H10O/c1-2-3-4-5-6-7/h2,4-5,7H,1,3,6H2. The molecule has 0 radical (unpaired) electrons. The van der Waals surface area contributed by atoms with Gasteiger partial charge in [-0.05, 0) is 6.42 Å². The molecule has 7 heavy (non-hydrogen) atoms. The van der Waals surface area contributed by atoms with Crippen LogP contribution in [0.5, 0.6) is 0 Å². The van der Waals surface area contributed by atoms with Crippen LogP contribution < -0.4 is 0 Å². The quantitative estimate of drug-likeness (QED) is 0.524. The highest BCUT2D eigenvalue weighted by Gasteiger charge is 1.63. The van der Waals surface area contributed by atoms with Crippen LogP contribution in [0.3, 0.4) is 0 Å². The third-order valence-corrected chi connectivity index (χ3v) is 0.575. The molecule has 0 aromatic carbocycles. The molecule has 0 amide bonds. The van der Waals surface area contributed by atoms with Crippen LogP contribution in [0, 0.1) is 0 Å². The van der Waals surface area contributed by atoms with Gasteiger partial charge in [0.05, 0.1) is 6.61 Å². The van der Waals surface area contributed by atoms with Crippen molar-refractivity contribution in [3.8, 4) is 0 Å². The van der Waals surface area contributed by atoms with Gasteiger partial charge in [0.15, 0.2) is 0 Å². The van der Waals surface area contributed by atoms with Crippen molar-refractivity contribution >= 4 is 0 Å². The van der Waals surface area contributed by atoms with Crippen LogP contribution in [0.25, 0.3) is 0 Å². The Kier molecular flexibility index (Phi) is 5.00. The first-order valence-electron chi connectivity index (χ1n) is 2.28. The first kappa shape index (κ1) is 6.44. The van der Waals surface area contributed by atoms with E-state index in [-0.39, 0.29) is 6.61 Å². The van der Waals surface area contributed by atoms with Crippen LogP contribution in [0.2, 0.25) is 0 Å². The maximum atomic E-state index is 8.17. The lowest BCUT2D eigenvalue weighted by Gasteiger charge is -1.75. The molecule has 0 unspecified atom stereocenters. The van der Waals surface area contributed by atoms with Gasteiger partial charge in [-0.15, -0.1) is 6.58 Å². The van der Waals surface area contributed by atoms with E-state index in [1.54, 1.807) is 12.2 Å². The summed E-state index contributed by atoms with van der Waals surface area (Å²) in [6, 6.07) is 0. The Labute approximate surface area is 44.0 Å². The van der Waals surface area contributed by atoms with E-state index in [1.807, 2.05) is 6.08 Å². The minimum Gasteiger partial charge on any atom is -0.392 e. The molecule has 0 aromatic heterocycles. The molecule has 0 fully saturated rings. The number of aliphatic hydroxyl groups is 1. The minimum absolute atomic E-state index is 0.133. The average molecular weight is 98.1 g/mol. The Morgan fingerprint density at radius 3 is 2.57 bits per heavy atom. The zero-order valence-electron chi connectivity index (χ0n) is 4.30. The Morgan fingerprint density at radius 2 is 2.14 bits per heavy atom. The van der Waals surface area contributed by atoms with E-state index in [0.29, 0.717) is 0 Å². The molecule has 0 aliphatic rings. The van der Waals surface area contributed by atoms with E-state index in [4.69, 9.17) is 5.11 Å². The average Bonchev–Trinajstić information content (AvgIpc) is 1.69. The second-order valence-electron chi connectivity index (χ2n) is 1.18. The normalized spacial score (nSPS) is 9.86. The fraction of sp³-hybridized carbons (Fsp3) is 0.333. The van der Waals surface area contributed by atoms with E-state index >= 15 is 0 Å². The Bertz CT molecular complexity index is 64.6. The highest BCUT2D eigenvalue weighted by Crippen LogP contribution is 1.79. The molecule has 1 nitrogen and oxygen atoms in total. The van der Waals surface area contributed by atoms with E-state index < -0.39 is 0 Å². The Balaban J connectivity index is 2.92. The van der Waals surface area contributed by atoms with Crippen molar-refractivity contribution in [3.05, 3.63) is 24.8 Å². The number of rotatable bonds is 3. The van der Waals surface area contributed by atoms with E-state index in [2.05, 4.69) is 6.58 Å². The molecule has 0 aromatic rings. The third-order valence-electron chi connectivity index (χ3n) is 0.575. The van der Waals surface area contributed by atoms with Gasteiger partial charge in [-0.25, -0.2) is 0 Å². The molecule has 1 N–H and O–H groups in total. The van der Waals surface area contributed by atoms with Gasteiger partial charge in [0.1, 0.15) is 0 Å². The lowest BCUT2D eigenvalue weighted by atomic mass is 10.4. The van der Waals surface area contributed by atoms with E-state index in [0.717, 1.165) is 6.42 Å². The molecule has 0 saturated carbocycles. The topological polar surface area (TPSA) is 20.2 Å². The predicted molar refractivity (Wildman–Crippen MR) is 31.0 cm³/mol. The van der Waals surface area contributed by atoms with E-state index in [9.17, 15) is 0 Å². The summed E-state index contributed by atoms with van der Waals surface area (Å²) < 4.78 is 0. The van der Waals surface area contributed by atoms with Gasteiger partial charge < -0.3 is 5.11 Å². The van der Waals surface area contributed by atoms with Crippen molar-refractivity contribution in [1.29, 1.82) is 0 Å². The highest BCUT2D eigenvalue weighted by molar-refractivity contribution is 4.87. The number of aliphatic hydroxyl groups excluding tert-OH is 1. The van der Waals surface area contributed by atoms with Gasteiger partial charge in [0.25, 0.3) is 0 Å². The fourth-order valence-electron chi connectivity index (χ4n) is 0.267. The zero-order chi connectivity index (χ0) is 5.54. The van der Waals surface area contributed by atoms with Crippen molar-refractivity contribution in [2.45, 2.75) is 6.42 Å². The van der Waals surface area contributed by atoms with Gasteiger partial charge in [-0.3, -0.25) is 0 Å². The maximum Gasteiger partial charge on any atom is 0.0612 e. The summed E-state index contributed by atoms with van der Waals surface area (Å²) in [5, 5.41) is 8.17. The van der Waals surface area contributed by atoms with Crippen molar-refractivity contribution < 1.29 is 5.11 Å². The molecular weight excluding hydrogens is 88.1 g/mol. The predicted octanol–water partition coefficient (Wildman–Crippen LogP) is 1.11. The van der Waals surface area contributed by atoms with Crippen molar-refractivity contribution in [2.24, 2.45) is 0 Å². The number of hydrogen-bond donors (Lipinski definition) is 1. The first-order valence-corrected chi connectivity index (χ1v) is 2.28. The summed E-state index contributed by atoms with van der Waals surface area (Å²) in [7, 11) is 0. The third kappa shape index (κ3) is 5.44. The summed E-state index contributed by atoms with van der Waals surface area (Å²) in [6.07, 6.45) is 6.20. The van der Waals surface area contributed by atoms with Crippen LogP contribution >= 0.6 is 0 Å². The maximum absolute atomic E-state index is 8.17. The van der Waals surface area contributed by atoms with Crippen LogP contribution in [0.1, 0.15) is 6.42 Å². The van der Waals surface area contributed by atoms with Gasteiger partial charge in [0, 0.05) is 0 Å². The van der Waals surface area contributed by atoms with Gasteiger partial charge in [-0.2, -0.15) is 0 Å². The minimum atomic E-state index is 0.133. The summed E-state index contributed by atoms with van der Waals surface area (Å²) in [5.41, 5.74) is 0. The Hall–Kier alpha value is -0.560. The number of hydrogen-bond acceptors (Lipinski definition) is 1. The summed E-state index contributed by atoms with van der Waals surface area (Å²) in [6.45, 7) is 3.63. The Morgan fingerprint density at radius 1 is 1.43 bits per heavy atom. The monoisotopic (exact) mass is 98.1 g/mol. The molecule has 0 saturated heterocycles. The van der Waals surface area contributed by atoms with Crippen molar-refractivity contribution in [2.75, 3.05) is 6.61 Å². The molecule has 0 bridgehead atoms. The molecule has 0 heterocycles. The molecule has 0 atom stereocenters. The van der Waals surface area contributed by atoms with Gasteiger partial charge in [0.2, 0.25) is 0 Å². The van der Waals surface area contributed by atoms with Crippen LogP contribution in [-0.2, 0) is 0 Å². The van der Waals surface area contributed by atoms with Crippen LogP contribution in [-0.4, -0.2) is 11.7 Å². The highest BCUT2D eigenvalue weighted by atomic mass is 16.2. The summed E-state index contributed by atoms with van der Waals surface area (Å²) in [5.74, 6) is 0. The van der Waals surface area contributed by atoms with E-state index in [1.165, 1.54) is 0 Å². The smallest absolute Gasteiger partial charge is 0.0612 e.